The fraction of sp³-hybridized carbons (Fsp3) is 0.588. The fourth-order valence-corrected chi connectivity index (χ4v) is 3.79. The van der Waals surface area contributed by atoms with Gasteiger partial charge in [-0.05, 0) is 31.9 Å². The number of carbonyl (C=O) groups is 2. The first-order valence-corrected chi connectivity index (χ1v) is 9.06. The highest BCUT2D eigenvalue weighted by molar-refractivity contribution is 7.20. The van der Waals surface area contributed by atoms with Crippen molar-refractivity contribution in [2.24, 2.45) is 18.2 Å². The van der Waals surface area contributed by atoms with Crippen molar-refractivity contribution in [1.82, 2.24) is 20.0 Å². The van der Waals surface area contributed by atoms with E-state index >= 15 is 0 Å². The molecule has 26 heavy (non-hydrogen) atoms. The molecule has 2 rings (SSSR count). The number of rotatable bonds is 6. The van der Waals surface area contributed by atoms with Crippen LogP contribution in [0.25, 0.3) is 10.2 Å². The monoisotopic (exact) mass is 401 g/mol. The number of amides is 2. The van der Waals surface area contributed by atoms with Crippen LogP contribution in [-0.4, -0.2) is 52.7 Å². The molecule has 0 saturated heterocycles. The van der Waals surface area contributed by atoms with Crippen molar-refractivity contribution >= 4 is 45.8 Å². The smallest absolute Gasteiger partial charge is 0.262 e. The van der Waals surface area contributed by atoms with Crippen molar-refractivity contribution in [3.8, 4) is 0 Å². The molecule has 7 nitrogen and oxygen atoms in total. The maximum atomic E-state index is 12.5. The molecule has 2 aromatic heterocycles. The normalized spacial score (nSPS) is 12.6. The summed E-state index contributed by atoms with van der Waals surface area (Å²) in [5.74, 6) is -0.373. The Morgan fingerprint density at radius 1 is 1.46 bits per heavy atom. The van der Waals surface area contributed by atoms with Gasteiger partial charge in [0.2, 0.25) is 5.91 Å². The van der Waals surface area contributed by atoms with Crippen LogP contribution in [-0.2, 0) is 11.8 Å². The first kappa shape index (κ1) is 22.4. The average Bonchev–Trinajstić information content (AvgIpc) is 3.08. The van der Waals surface area contributed by atoms with E-state index in [4.69, 9.17) is 5.73 Å². The van der Waals surface area contributed by atoms with E-state index in [-0.39, 0.29) is 29.6 Å². The van der Waals surface area contributed by atoms with E-state index in [1.54, 1.807) is 23.6 Å². The van der Waals surface area contributed by atoms with E-state index in [9.17, 15) is 9.59 Å². The molecule has 0 aliphatic carbocycles. The van der Waals surface area contributed by atoms with Gasteiger partial charge in [-0.3, -0.25) is 14.3 Å². The standard InChI is InChI=1S/C17H27N5O2S.ClH/c1-10-12-7-13(25-16(12)22(6)20-10)14(23)19-11(2)15(24)21(5)9-17(3,4)8-18;/h7,11H,8-9,18H2,1-6H3,(H,19,23);1H. The lowest BCUT2D eigenvalue weighted by atomic mass is 9.93. The van der Waals surface area contributed by atoms with Crippen LogP contribution in [0.4, 0.5) is 0 Å². The number of nitrogens with zero attached hydrogens (tertiary/aromatic N) is 3. The van der Waals surface area contributed by atoms with Gasteiger partial charge in [0, 0.05) is 26.0 Å². The second-order valence-corrected chi connectivity index (χ2v) is 8.33. The van der Waals surface area contributed by atoms with Gasteiger partial charge in [0.25, 0.3) is 5.91 Å². The van der Waals surface area contributed by atoms with E-state index in [2.05, 4.69) is 10.4 Å². The van der Waals surface area contributed by atoms with Crippen LogP contribution in [0.2, 0.25) is 0 Å². The predicted octanol–water partition coefficient (Wildman–Crippen LogP) is 1.93. The molecule has 0 spiro atoms. The number of carbonyl (C=O) groups excluding carboxylic acids is 2. The minimum absolute atomic E-state index is 0. The van der Waals surface area contributed by atoms with E-state index in [0.29, 0.717) is 18.0 Å². The number of thiophene rings is 1. The molecule has 0 aliphatic heterocycles. The average molecular weight is 402 g/mol. The Bertz CT molecular complexity index is 764. The molecule has 0 aliphatic rings. The van der Waals surface area contributed by atoms with Crippen LogP contribution in [0.15, 0.2) is 6.07 Å². The Labute approximate surface area is 164 Å². The molecule has 0 bridgehead atoms. The van der Waals surface area contributed by atoms with Gasteiger partial charge in [-0.1, -0.05) is 13.8 Å². The predicted molar refractivity (Wildman–Crippen MR) is 108 cm³/mol. The second-order valence-electron chi connectivity index (χ2n) is 7.30. The highest BCUT2D eigenvalue weighted by Crippen LogP contribution is 2.27. The molecule has 1 atom stereocenters. The van der Waals surface area contributed by atoms with Crippen LogP contribution in [0.5, 0.6) is 0 Å². The van der Waals surface area contributed by atoms with Crippen molar-refractivity contribution in [2.75, 3.05) is 20.1 Å². The van der Waals surface area contributed by atoms with Gasteiger partial charge in [-0.2, -0.15) is 5.10 Å². The number of hydrogen-bond acceptors (Lipinski definition) is 5. The first-order chi connectivity index (χ1) is 11.6. The van der Waals surface area contributed by atoms with E-state index < -0.39 is 6.04 Å². The summed E-state index contributed by atoms with van der Waals surface area (Å²) in [6, 6.07) is 1.23. The lowest BCUT2D eigenvalue weighted by molar-refractivity contribution is -0.132. The number of nitrogens with one attached hydrogen (secondary N) is 1. The zero-order valence-corrected chi connectivity index (χ0v) is 17.8. The molecule has 3 N–H and O–H groups in total. The highest BCUT2D eigenvalue weighted by atomic mass is 35.5. The van der Waals surface area contributed by atoms with Crippen molar-refractivity contribution in [3.05, 3.63) is 16.6 Å². The number of aryl methyl sites for hydroxylation is 2. The Morgan fingerprint density at radius 2 is 2.08 bits per heavy atom. The van der Waals surface area contributed by atoms with Crippen molar-refractivity contribution in [2.45, 2.75) is 33.7 Å². The Kier molecular flexibility index (Phi) is 7.21. The molecule has 0 radical (unpaired) electrons. The maximum Gasteiger partial charge on any atom is 0.262 e. The van der Waals surface area contributed by atoms with Crippen molar-refractivity contribution in [3.63, 3.8) is 0 Å². The van der Waals surface area contributed by atoms with E-state index in [1.807, 2.05) is 33.9 Å². The van der Waals surface area contributed by atoms with Gasteiger partial charge in [0.05, 0.1) is 10.6 Å². The third-order valence-electron chi connectivity index (χ3n) is 4.23. The quantitative estimate of drug-likeness (QED) is 0.773. The SMILES string of the molecule is Cc1nn(C)c2sc(C(=O)NC(C)C(=O)N(C)CC(C)(C)CN)cc12.Cl. The summed E-state index contributed by atoms with van der Waals surface area (Å²) in [4.78, 5) is 28.1. The van der Waals surface area contributed by atoms with Gasteiger partial charge >= 0.3 is 0 Å². The number of fused-ring (bicyclic) bond motifs is 1. The summed E-state index contributed by atoms with van der Waals surface area (Å²) < 4.78 is 1.77. The van der Waals surface area contributed by atoms with Gasteiger partial charge in [-0.15, -0.1) is 23.7 Å². The van der Waals surface area contributed by atoms with Crippen LogP contribution in [0.1, 0.15) is 36.1 Å². The minimum Gasteiger partial charge on any atom is -0.343 e. The molecule has 1 unspecified atom stereocenters. The zero-order chi connectivity index (χ0) is 18.9. The molecule has 0 fully saturated rings. The summed E-state index contributed by atoms with van der Waals surface area (Å²) in [6.07, 6.45) is 0. The highest BCUT2D eigenvalue weighted by Gasteiger charge is 2.26. The van der Waals surface area contributed by atoms with Gasteiger partial charge in [0.1, 0.15) is 10.9 Å². The Morgan fingerprint density at radius 3 is 2.62 bits per heavy atom. The summed E-state index contributed by atoms with van der Waals surface area (Å²) in [5, 5.41) is 8.09. The lowest BCUT2D eigenvalue weighted by Gasteiger charge is -2.30. The van der Waals surface area contributed by atoms with Crippen LogP contribution >= 0.6 is 23.7 Å². The van der Waals surface area contributed by atoms with Gasteiger partial charge in [0.15, 0.2) is 0 Å². The summed E-state index contributed by atoms with van der Waals surface area (Å²) in [7, 11) is 3.59. The van der Waals surface area contributed by atoms with Crippen LogP contribution in [0, 0.1) is 12.3 Å². The van der Waals surface area contributed by atoms with Crippen LogP contribution < -0.4 is 11.1 Å². The first-order valence-electron chi connectivity index (χ1n) is 8.25. The fourth-order valence-electron chi connectivity index (χ4n) is 2.76. The molecule has 146 valence electrons. The van der Waals surface area contributed by atoms with Crippen molar-refractivity contribution < 1.29 is 9.59 Å². The number of hydrogen-bond donors (Lipinski definition) is 2. The molecule has 2 heterocycles. The van der Waals surface area contributed by atoms with Crippen molar-refractivity contribution in [1.29, 1.82) is 0 Å². The minimum atomic E-state index is -0.601. The van der Waals surface area contributed by atoms with E-state index in [0.717, 1.165) is 15.9 Å². The van der Waals surface area contributed by atoms with Gasteiger partial charge < -0.3 is 16.0 Å². The summed E-state index contributed by atoms with van der Waals surface area (Å²) >= 11 is 1.38. The molecule has 2 aromatic rings. The molecule has 0 aromatic carbocycles. The Balaban J connectivity index is 0.00000338. The Hall–Kier alpha value is -1.64. The van der Waals surface area contributed by atoms with Crippen LogP contribution in [0.3, 0.4) is 0 Å². The lowest BCUT2D eigenvalue weighted by Crippen LogP contribution is -2.48. The zero-order valence-electron chi connectivity index (χ0n) is 16.1. The number of likely N-dealkylation sites (N-methyl/N-ethyl adjacent to an activating group) is 1. The summed E-state index contributed by atoms with van der Waals surface area (Å²) in [5.41, 5.74) is 6.45. The molecule has 9 heteroatoms. The number of aromatic nitrogens is 2. The molecular formula is C17H28ClN5O2S. The third-order valence-corrected chi connectivity index (χ3v) is 5.43. The topological polar surface area (TPSA) is 93.2 Å². The molecule has 2 amide bonds. The van der Waals surface area contributed by atoms with E-state index in [1.165, 1.54) is 11.3 Å². The molecule has 0 saturated carbocycles. The largest absolute Gasteiger partial charge is 0.343 e. The second kappa shape index (κ2) is 8.37. The third kappa shape index (κ3) is 4.75. The molecular weight excluding hydrogens is 374 g/mol. The maximum absolute atomic E-state index is 12.5. The number of nitrogens with two attached hydrogens (primary N) is 1. The number of halogens is 1. The summed E-state index contributed by atoms with van der Waals surface area (Å²) in [6.45, 7) is 8.65. The van der Waals surface area contributed by atoms with Gasteiger partial charge in [-0.25, -0.2) is 0 Å².